The van der Waals surface area contributed by atoms with Gasteiger partial charge in [-0.1, -0.05) is 40.5 Å². The summed E-state index contributed by atoms with van der Waals surface area (Å²) in [5.74, 6) is 0.0917. The van der Waals surface area contributed by atoms with E-state index >= 15 is 0 Å². The third kappa shape index (κ3) is 2.08. The molecule has 4 heteroatoms. The van der Waals surface area contributed by atoms with Crippen LogP contribution in [0.2, 0.25) is 5.15 Å². The van der Waals surface area contributed by atoms with Crippen molar-refractivity contribution in [2.24, 2.45) is 0 Å². The zero-order valence-electron chi connectivity index (χ0n) is 8.74. The molecular formula is C12H11BrClNO. The van der Waals surface area contributed by atoms with Crippen LogP contribution in [0.5, 0.6) is 0 Å². The molecule has 0 bridgehead atoms. The molecule has 0 fully saturated rings. The van der Waals surface area contributed by atoms with Crippen molar-refractivity contribution >= 4 is 38.3 Å². The highest BCUT2D eigenvalue weighted by Crippen LogP contribution is 2.31. The van der Waals surface area contributed by atoms with Crippen LogP contribution in [0.4, 0.5) is 0 Å². The van der Waals surface area contributed by atoms with Crippen molar-refractivity contribution in [3.05, 3.63) is 39.6 Å². The second-order valence-electron chi connectivity index (χ2n) is 3.77. The molecule has 2 rings (SSSR count). The molecule has 0 saturated heterocycles. The maximum Gasteiger partial charge on any atom is 0.129 e. The number of aromatic nitrogens is 1. The lowest BCUT2D eigenvalue weighted by atomic mass is 9.96. The fourth-order valence-corrected chi connectivity index (χ4v) is 2.34. The summed E-state index contributed by atoms with van der Waals surface area (Å²) >= 11 is 9.38. The number of nitrogens with zero attached hydrogens (tertiary/aromatic N) is 1. The Morgan fingerprint density at radius 3 is 2.88 bits per heavy atom. The quantitative estimate of drug-likeness (QED) is 0.857. The van der Waals surface area contributed by atoms with Crippen LogP contribution in [0, 0.1) is 0 Å². The summed E-state index contributed by atoms with van der Waals surface area (Å²) in [6.45, 7) is 2.10. The van der Waals surface area contributed by atoms with Gasteiger partial charge in [-0.05, 0) is 23.1 Å². The van der Waals surface area contributed by atoms with Crippen molar-refractivity contribution in [1.29, 1.82) is 0 Å². The molecule has 1 heterocycles. The summed E-state index contributed by atoms with van der Waals surface area (Å²) in [5, 5.41) is 11.7. The van der Waals surface area contributed by atoms with Gasteiger partial charge < -0.3 is 5.11 Å². The molecule has 0 aliphatic rings. The topological polar surface area (TPSA) is 33.1 Å². The highest BCUT2D eigenvalue weighted by atomic mass is 79.9. The highest BCUT2D eigenvalue weighted by molar-refractivity contribution is 9.10. The second kappa shape index (κ2) is 4.70. The van der Waals surface area contributed by atoms with E-state index in [1.54, 1.807) is 6.20 Å². The largest absolute Gasteiger partial charge is 0.396 e. The number of aliphatic hydroxyl groups excluding tert-OH is 1. The molecule has 1 aromatic heterocycles. The molecule has 0 radical (unpaired) electrons. The first kappa shape index (κ1) is 11.8. The molecular weight excluding hydrogens is 289 g/mol. The summed E-state index contributed by atoms with van der Waals surface area (Å²) < 4.78 is 0.987. The minimum atomic E-state index is 0.0917. The lowest BCUT2D eigenvalue weighted by Crippen LogP contribution is -2.00. The second-order valence-corrected chi connectivity index (χ2v) is 5.01. The Kier molecular flexibility index (Phi) is 3.47. The molecule has 0 saturated carbocycles. The van der Waals surface area contributed by atoms with E-state index in [9.17, 15) is 5.11 Å². The SMILES string of the molecule is C[C@@H](CO)c1ccc(Br)c2cnc(Cl)cc12. The van der Waals surface area contributed by atoms with E-state index in [-0.39, 0.29) is 12.5 Å². The Morgan fingerprint density at radius 1 is 1.44 bits per heavy atom. The van der Waals surface area contributed by atoms with Gasteiger partial charge >= 0.3 is 0 Å². The van der Waals surface area contributed by atoms with E-state index < -0.39 is 0 Å². The fourth-order valence-electron chi connectivity index (χ4n) is 1.73. The highest BCUT2D eigenvalue weighted by Gasteiger charge is 2.11. The van der Waals surface area contributed by atoms with Crippen LogP contribution in [0.15, 0.2) is 28.9 Å². The van der Waals surface area contributed by atoms with Crippen LogP contribution in [0.25, 0.3) is 10.8 Å². The molecule has 0 amide bonds. The molecule has 1 N–H and O–H groups in total. The minimum absolute atomic E-state index is 0.0917. The van der Waals surface area contributed by atoms with Gasteiger partial charge in [-0.3, -0.25) is 0 Å². The first-order valence-electron chi connectivity index (χ1n) is 4.98. The van der Waals surface area contributed by atoms with E-state index in [1.165, 1.54) is 0 Å². The van der Waals surface area contributed by atoms with E-state index in [4.69, 9.17) is 11.6 Å². The van der Waals surface area contributed by atoms with E-state index in [0.717, 1.165) is 20.8 Å². The van der Waals surface area contributed by atoms with E-state index in [1.807, 2.05) is 25.1 Å². The number of pyridine rings is 1. The molecule has 0 aliphatic carbocycles. The van der Waals surface area contributed by atoms with Gasteiger partial charge in [0.2, 0.25) is 0 Å². The average molecular weight is 301 g/mol. The Balaban J connectivity index is 2.75. The Hall–Kier alpha value is -0.640. The zero-order valence-corrected chi connectivity index (χ0v) is 11.1. The van der Waals surface area contributed by atoms with Gasteiger partial charge in [-0.15, -0.1) is 0 Å². The van der Waals surface area contributed by atoms with E-state index in [0.29, 0.717) is 5.15 Å². The molecule has 0 spiro atoms. The Labute approximate surface area is 107 Å². The lowest BCUT2D eigenvalue weighted by molar-refractivity contribution is 0.273. The van der Waals surface area contributed by atoms with Crippen molar-refractivity contribution in [2.45, 2.75) is 12.8 Å². The number of halogens is 2. The minimum Gasteiger partial charge on any atom is -0.396 e. The summed E-state index contributed by atoms with van der Waals surface area (Å²) in [6.07, 6.45) is 1.75. The fraction of sp³-hybridized carbons (Fsp3) is 0.250. The van der Waals surface area contributed by atoms with Gasteiger partial charge in [-0.25, -0.2) is 4.98 Å². The van der Waals surface area contributed by atoms with Crippen molar-refractivity contribution < 1.29 is 5.11 Å². The van der Waals surface area contributed by atoms with Crippen molar-refractivity contribution in [1.82, 2.24) is 4.98 Å². The number of fused-ring (bicyclic) bond motifs is 1. The first-order valence-corrected chi connectivity index (χ1v) is 6.15. The predicted octanol–water partition coefficient (Wildman–Crippen LogP) is 3.75. The van der Waals surface area contributed by atoms with Crippen molar-refractivity contribution in [2.75, 3.05) is 6.61 Å². The Bertz CT molecular complexity index is 530. The summed E-state index contributed by atoms with van der Waals surface area (Å²) in [4.78, 5) is 4.07. The molecule has 0 unspecified atom stereocenters. The van der Waals surface area contributed by atoms with Crippen LogP contribution in [-0.2, 0) is 0 Å². The normalized spacial score (nSPS) is 13.0. The molecule has 16 heavy (non-hydrogen) atoms. The molecule has 0 aliphatic heterocycles. The van der Waals surface area contributed by atoms with Crippen molar-refractivity contribution in [3.8, 4) is 0 Å². The average Bonchev–Trinajstić information content (AvgIpc) is 2.28. The van der Waals surface area contributed by atoms with Crippen LogP contribution in [0.3, 0.4) is 0 Å². The molecule has 1 atom stereocenters. The first-order chi connectivity index (χ1) is 7.63. The summed E-state index contributed by atoms with van der Waals surface area (Å²) in [5.41, 5.74) is 1.09. The predicted molar refractivity (Wildman–Crippen MR) is 70.0 cm³/mol. The maximum atomic E-state index is 9.23. The van der Waals surface area contributed by atoms with Gasteiger partial charge in [-0.2, -0.15) is 0 Å². The third-order valence-electron chi connectivity index (χ3n) is 2.65. The van der Waals surface area contributed by atoms with Crippen LogP contribution >= 0.6 is 27.5 Å². The summed E-state index contributed by atoms with van der Waals surface area (Å²) in [6, 6.07) is 5.81. The molecule has 1 aromatic carbocycles. The third-order valence-corrected chi connectivity index (χ3v) is 3.55. The molecule has 2 nitrogen and oxygen atoms in total. The number of hydrogen-bond donors (Lipinski definition) is 1. The van der Waals surface area contributed by atoms with Gasteiger partial charge in [0.1, 0.15) is 5.15 Å². The number of hydrogen-bond acceptors (Lipinski definition) is 2. The number of benzene rings is 1. The Morgan fingerprint density at radius 2 is 2.19 bits per heavy atom. The van der Waals surface area contributed by atoms with Gasteiger partial charge in [0, 0.05) is 28.6 Å². The monoisotopic (exact) mass is 299 g/mol. The van der Waals surface area contributed by atoms with Crippen LogP contribution in [-0.4, -0.2) is 16.7 Å². The smallest absolute Gasteiger partial charge is 0.129 e. The lowest BCUT2D eigenvalue weighted by Gasteiger charge is -2.13. The van der Waals surface area contributed by atoms with Gasteiger partial charge in [0.15, 0.2) is 0 Å². The van der Waals surface area contributed by atoms with Crippen LogP contribution < -0.4 is 0 Å². The van der Waals surface area contributed by atoms with Crippen LogP contribution in [0.1, 0.15) is 18.4 Å². The molecule has 2 aromatic rings. The van der Waals surface area contributed by atoms with Gasteiger partial charge in [0.05, 0.1) is 0 Å². The summed E-state index contributed by atoms with van der Waals surface area (Å²) in [7, 11) is 0. The van der Waals surface area contributed by atoms with E-state index in [2.05, 4.69) is 20.9 Å². The number of aliphatic hydroxyl groups is 1. The zero-order chi connectivity index (χ0) is 11.7. The maximum absolute atomic E-state index is 9.23. The molecule has 84 valence electrons. The van der Waals surface area contributed by atoms with Gasteiger partial charge in [0.25, 0.3) is 0 Å². The number of rotatable bonds is 2. The van der Waals surface area contributed by atoms with Crippen molar-refractivity contribution in [3.63, 3.8) is 0 Å². The standard InChI is InChI=1S/C12H11BrClNO/c1-7(6-16)8-2-3-11(13)10-5-15-12(14)4-9(8)10/h2-5,7,16H,6H2,1H3/t7-/m0/s1.